The predicted molar refractivity (Wildman–Crippen MR) is 89.5 cm³/mol. The van der Waals surface area contributed by atoms with Gasteiger partial charge in [0.15, 0.2) is 22.1 Å². The van der Waals surface area contributed by atoms with E-state index in [-0.39, 0.29) is 22.3 Å². The third-order valence-electron chi connectivity index (χ3n) is 3.28. The molecular weight excluding hydrogens is 332 g/mol. The first-order chi connectivity index (χ1) is 11.4. The quantitative estimate of drug-likeness (QED) is 0.660. The summed E-state index contributed by atoms with van der Waals surface area (Å²) in [6.45, 7) is 1.54. The number of carbonyl (C=O) groups excluding carboxylic acids is 1. The largest absolute Gasteiger partial charge is 0.468 e. The van der Waals surface area contributed by atoms with Gasteiger partial charge in [-0.15, -0.1) is 0 Å². The number of para-hydroxylation sites is 1. The number of ether oxygens (including phenoxy) is 2. The molecule has 0 heterocycles. The summed E-state index contributed by atoms with van der Waals surface area (Å²) in [6, 6.07) is 12.9. The van der Waals surface area contributed by atoms with Crippen LogP contribution < -0.4 is 10.2 Å². The molecule has 0 spiro atoms. The molecule has 2 aromatic rings. The molecule has 0 aromatic heterocycles. The monoisotopic (exact) mass is 348 g/mol. The van der Waals surface area contributed by atoms with Crippen LogP contribution in [0.5, 0.6) is 11.5 Å². The first kappa shape index (κ1) is 17.8. The molecule has 0 radical (unpaired) electrons. The summed E-state index contributed by atoms with van der Waals surface area (Å²) < 4.78 is 31.0. The van der Waals surface area contributed by atoms with E-state index in [0.29, 0.717) is 5.75 Å². The van der Waals surface area contributed by atoms with Gasteiger partial charge >= 0.3 is 5.97 Å². The maximum atomic E-state index is 12.4. The summed E-state index contributed by atoms with van der Waals surface area (Å²) >= 11 is -2.48. The Morgan fingerprint density at radius 2 is 1.83 bits per heavy atom. The van der Waals surface area contributed by atoms with Crippen molar-refractivity contribution < 1.29 is 23.0 Å². The number of esters is 1. The Hall–Kier alpha value is -2.51. The second-order valence-corrected chi connectivity index (χ2v) is 5.97. The van der Waals surface area contributed by atoms with Gasteiger partial charge in [-0.25, -0.2) is 4.21 Å². The van der Waals surface area contributed by atoms with Gasteiger partial charge in [0.2, 0.25) is 5.43 Å². The minimum atomic E-state index is -2.48. The second-order valence-electron chi connectivity index (χ2n) is 4.95. The maximum Gasteiger partial charge on any atom is 0.328 e. The van der Waals surface area contributed by atoms with E-state index >= 15 is 0 Å². The van der Waals surface area contributed by atoms with E-state index in [1.807, 2.05) is 6.07 Å². The minimum Gasteiger partial charge on any atom is -0.468 e. The van der Waals surface area contributed by atoms with Crippen LogP contribution in [-0.4, -0.2) is 21.8 Å². The van der Waals surface area contributed by atoms with E-state index in [1.165, 1.54) is 18.2 Å². The molecule has 2 aromatic carbocycles. The van der Waals surface area contributed by atoms with Gasteiger partial charge in [-0.3, -0.25) is 9.59 Å². The molecule has 2 unspecified atom stereocenters. The van der Waals surface area contributed by atoms with E-state index in [0.717, 1.165) is 7.11 Å². The van der Waals surface area contributed by atoms with Crippen molar-refractivity contribution in [2.75, 3.05) is 7.11 Å². The number of carbonyl (C=O) groups is 1. The summed E-state index contributed by atoms with van der Waals surface area (Å²) in [4.78, 5) is 24.1. The lowest BCUT2D eigenvalue weighted by molar-refractivity contribution is -0.140. The summed E-state index contributed by atoms with van der Waals surface area (Å²) in [5.41, 5.74) is 0.0953. The Balaban J connectivity index is 2.50. The van der Waals surface area contributed by atoms with Gasteiger partial charge in [-0.1, -0.05) is 30.3 Å². The molecular formula is C17H16O6S. The zero-order valence-electron chi connectivity index (χ0n) is 13.1. The fourth-order valence-electron chi connectivity index (χ4n) is 2.11. The highest BCUT2D eigenvalue weighted by Gasteiger charge is 2.27. The Labute approximate surface area is 141 Å². The smallest absolute Gasteiger partial charge is 0.328 e. The van der Waals surface area contributed by atoms with Gasteiger partial charge in [-0.2, -0.15) is 0 Å². The van der Waals surface area contributed by atoms with E-state index in [4.69, 9.17) is 4.74 Å². The van der Waals surface area contributed by atoms with E-state index < -0.39 is 22.3 Å². The molecule has 0 saturated carbocycles. The van der Waals surface area contributed by atoms with Gasteiger partial charge < -0.3 is 14.0 Å². The average molecular weight is 348 g/mol. The van der Waals surface area contributed by atoms with Gasteiger partial charge in [0.05, 0.1) is 7.11 Å². The number of hydrogen-bond acceptors (Lipinski definition) is 5. The number of rotatable bonds is 5. The molecule has 0 amide bonds. The van der Waals surface area contributed by atoms with Crippen LogP contribution in [0.15, 0.2) is 53.3 Å². The third kappa shape index (κ3) is 4.06. The zero-order chi connectivity index (χ0) is 17.7. The van der Waals surface area contributed by atoms with Crippen LogP contribution in [0.4, 0.5) is 0 Å². The Morgan fingerprint density at radius 1 is 1.17 bits per heavy atom. The zero-order valence-corrected chi connectivity index (χ0v) is 13.9. The van der Waals surface area contributed by atoms with Crippen molar-refractivity contribution in [2.45, 2.75) is 12.2 Å². The molecule has 2 atom stereocenters. The Bertz CT molecular complexity index is 819. The Kier molecular flexibility index (Phi) is 5.83. The highest BCUT2D eigenvalue weighted by Crippen LogP contribution is 2.23. The third-order valence-corrected chi connectivity index (χ3v) is 4.15. The molecule has 1 N–H and O–H groups in total. The van der Waals surface area contributed by atoms with Crippen LogP contribution >= 0.6 is 0 Å². The number of hydrogen-bond donors (Lipinski definition) is 1. The predicted octanol–water partition coefficient (Wildman–Crippen LogP) is 2.58. The number of benzene rings is 1. The summed E-state index contributed by atoms with van der Waals surface area (Å²) in [5, 5.41) is -1.40. The summed E-state index contributed by atoms with van der Waals surface area (Å²) in [6.07, 6.45) is 0. The molecule has 24 heavy (non-hydrogen) atoms. The fraction of sp³-hybridized carbons (Fsp3) is 0.176. The van der Waals surface area contributed by atoms with Gasteiger partial charge in [0.1, 0.15) is 5.75 Å². The lowest BCUT2D eigenvalue weighted by Gasteiger charge is -2.09. The molecule has 0 aliphatic carbocycles. The van der Waals surface area contributed by atoms with Crippen molar-refractivity contribution in [1.29, 1.82) is 0 Å². The van der Waals surface area contributed by atoms with E-state index in [1.54, 1.807) is 31.2 Å². The Morgan fingerprint density at radius 3 is 2.42 bits per heavy atom. The molecule has 6 nitrogen and oxygen atoms in total. The van der Waals surface area contributed by atoms with Crippen LogP contribution in [0.25, 0.3) is 0 Å². The highest BCUT2D eigenvalue weighted by molar-refractivity contribution is 7.80. The topological polar surface area (TPSA) is 89.9 Å². The summed E-state index contributed by atoms with van der Waals surface area (Å²) in [7, 11) is 1.13. The second kappa shape index (κ2) is 7.85. The fourth-order valence-corrected chi connectivity index (χ4v) is 2.75. The van der Waals surface area contributed by atoms with Gasteiger partial charge in [0.25, 0.3) is 0 Å². The van der Waals surface area contributed by atoms with Crippen molar-refractivity contribution in [3.8, 4) is 11.5 Å². The molecule has 7 heteroatoms. The van der Waals surface area contributed by atoms with Gasteiger partial charge in [0, 0.05) is 5.56 Å². The van der Waals surface area contributed by atoms with Crippen LogP contribution in [0.3, 0.4) is 0 Å². The highest BCUT2D eigenvalue weighted by atomic mass is 32.2. The average Bonchev–Trinajstić information content (AvgIpc) is 2.69. The molecule has 0 aliphatic rings. The van der Waals surface area contributed by atoms with Crippen molar-refractivity contribution >= 4 is 17.0 Å². The molecule has 0 fully saturated rings. The lowest BCUT2D eigenvalue weighted by atomic mass is 10.1. The van der Waals surface area contributed by atoms with Crippen molar-refractivity contribution in [2.24, 2.45) is 0 Å². The van der Waals surface area contributed by atoms with Crippen LogP contribution in [-0.2, 0) is 20.6 Å². The first-order valence-corrected chi connectivity index (χ1v) is 8.16. The maximum absolute atomic E-state index is 12.4. The molecule has 0 bridgehead atoms. The molecule has 0 saturated heterocycles. The van der Waals surface area contributed by atoms with Crippen LogP contribution in [0, 0.1) is 6.92 Å². The van der Waals surface area contributed by atoms with Crippen molar-refractivity contribution in [3.05, 3.63) is 69.9 Å². The lowest BCUT2D eigenvalue weighted by Crippen LogP contribution is -2.18. The van der Waals surface area contributed by atoms with Crippen molar-refractivity contribution in [3.63, 3.8) is 0 Å². The molecule has 2 rings (SSSR count). The SMILES string of the molecule is COC(=O)C(c1ccc(Oc2ccccc2)c(=O)c(C)c1)S(=O)O. The first-order valence-electron chi connectivity index (χ1n) is 6.99. The van der Waals surface area contributed by atoms with Crippen molar-refractivity contribution in [1.82, 2.24) is 0 Å². The standard InChI is InChI=1S/C17H16O6S/c1-11-10-12(16(24(20)21)17(19)22-2)8-9-14(15(11)18)23-13-6-4-3-5-7-13/h3-10,16H,1-2H3,(H,20,21). The molecule has 126 valence electrons. The van der Waals surface area contributed by atoms with Gasteiger partial charge in [-0.05, 0) is 30.7 Å². The van der Waals surface area contributed by atoms with Crippen LogP contribution in [0.2, 0.25) is 0 Å². The summed E-state index contributed by atoms with van der Waals surface area (Å²) in [5.74, 6) is -0.325. The number of methoxy groups -OCH3 is 1. The number of aryl methyl sites for hydroxylation is 1. The van der Waals surface area contributed by atoms with Crippen LogP contribution in [0.1, 0.15) is 16.4 Å². The molecule has 0 aliphatic heterocycles. The van der Waals surface area contributed by atoms with E-state index in [2.05, 4.69) is 4.74 Å². The minimum absolute atomic E-state index is 0.0530. The normalized spacial score (nSPS) is 13.0. The van der Waals surface area contributed by atoms with E-state index in [9.17, 15) is 18.4 Å².